The van der Waals surface area contributed by atoms with Gasteiger partial charge in [0.1, 0.15) is 29.6 Å². The van der Waals surface area contributed by atoms with Crippen molar-refractivity contribution >= 4 is 33.3 Å². The first-order chi connectivity index (χ1) is 18.8. The normalized spacial score (nSPS) is 14.4. The van der Waals surface area contributed by atoms with Crippen molar-refractivity contribution in [1.82, 2.24) is 10.3 Å². The van der Waals surface area contributed by atoms with Crippen molar-refractivity contribution in [3.63, 3.8) is 0 Å². The third-order valence-corrected chi connectivity index (χ3v) is 7.76. The highest BCUT2D eigenvalue weighted by molar-refractivity contribution is 7.85. The Morgan fingerprint density at radius 3 is 2.33 bits per heavy atom. The molecular formula is C29H34N2O7S2. The van der Waals surface area contributed by atoms with Crippen LogP contribution in [-0.4, -0.2) is 50.3 Å². The molecule has 0 fully saturated rings. The monoisotopic (exact) mass is 586 g/mol. The van der Waals surface area contributed by atoms with Gasteiger partial charge in [-0.25, -0.2) is 4.98 Å². The minimum atomic E-state index is -3.54. The van der Waals surface area contributed by atoms with E-state index in [-0.39, 0.29) is 32.1 Å². The van der Waals surface area contributed by atoms with E-state index in [1.165, 1.54) is 11.3 Å². The number of aromatic nitrogens is 1. The van der Waals surface area contributed by atoms with Gasteiger partial charge in [0.25, 0.3) is 10.1 Å². The zero-order valence-corrected chi connectivity index (χ0v) is 24.7. The van der Waals surface area contributed by atoms with E-state index >= 15 is 0 Å². The molecule has 11 heteroatoms. The lowest BCUT2D eigenvalue weighted by atomic mass is 9.80. The van der Waals surface area contributed by atoms with Gasteiger partial charge in [-0.2, -0.15) is 8.42 Å². The number of nitrogens with zero attached hydrogens (tertiary/aromatic N) is 1. The van der Waals surface area contributed by atoms with Crippen molar-refractivity contribution < 1.29 is 31.7 Å². The molecule has 1 aliphatic rings. The van der Waals surface area contributed by atoms with Crippen LogP contribution >= 0.6 is 11.3 Å². The van der Waals surface area contributed by atoms with Crippen LogP contribution < -0.4 is 10.1 Å². The largest absolute Gasteiger partial charge is 0.490 e. The molecule has 1 amide bonds. The number of benzene rings is 2. The Balaban J connectivity index is 1.44. The summed E-state index contributed by atoms with van der Waals surface area (Å²) in [5.41, 5.74) is 1.97. The first-order valence-electron chi connectivity index (χ1n) is 12.9. The number of thiazole rings is 1. The van der Waals surface area contributed by atoms with E-state index in [1.54, 1.807) is 6.07 Å². The lowest BCUT2D eigenvalue weighted by Gasteiger charge is -2.29. The fourth-order valence-electron chi connectivity index (χ4n) is 4.71. The third kappa shape index (κ3) is 7.89. The van der Waals surface area contributed by atoms with Crippen LogP contribution in [0.4, 0.5) is 0 Å². The zero-order chi connectivity index (χ0) is 29.0. The molecule has 0 saturated heterocycles. The Labute approximate surface area is 239 Å². The highest BCUT2D eigenvalue weighted by Gasteiger charge is 2.46. The molecule has 0 bridgehead atoms. The number of esters is 1. The van der Waals surface area contributed by atoms with Crippen LogP contribution in [0.25, 0.3) is 11.3 Å². The van der Waals surface area contributed by atoms with E-state index in [1.807, 2.05) is 68.6 Å². The SMILES string of the molecule is CC(C)(C)OC(=O)CC1(C(=O)NCc2nc(-c3ccccc3OCCOS(C)(=O)=O)cs2)Cc2ccccc2C1. The Morgan fingerprint density at radius 1 is 1.02 bits per heavy atom. The van der Waals surface area contributed by atoms with Gasteiger partial charge in [-0.3, -0.25) is 13.8 Å². The van der Waals surface area contributed by atoms with E-state index in [9.17, 15) is 18.0 Å². The third-order valence-electron chi connectivity index (χ3n) is 6.31. The number of amides is 1. The van der Waals surface area contributed by atoms with Crippen molar-refractivity contribution in [2.24, 2.45) is 5.41 Å². The highest BCUT2D eigenvalue weighted by atomic mass is 32.2. The van der Waals surface area contributed by atoms with E-state index in [4.69, 9.17) is 13.7 Å². The molecule has 2 aromatic carbocycles. The zero-order valence-electron chi connectivity index (χ0n) is 23.1. The van der Waals surface area contributed by atoms with Crippen LogP contribution in [0.3, 0.4) is 0 Å². The maximum atomic E-state index is 13.6. The van der Waals surface area contributed by atoms with Crippen molar-refractivity contribution in [3.05, 3.63) is 70.0 Å². The molecule has 1 heterocycles. The lowest BCUT2D eigenvalue weighted by molar-refractivity contribution is -0.160. The van der Waals surface area contributed by atoms with Gasteiger partial charge < -0.3 is 14.8 Å². The molecule has 214 valence electrons. The van der Waals surface area contributed by atoms with Gasteiger partial charge in [0.2, 0.25) is 5.91 Å². The minimum Gasteiger partial charge on any atom is -0.490 e. The quantitative estimate of drug-likeness (QED) is 0.201. The fraction of sp³-hybridized carbons (Fsp3) is 0.414. The highest BCUT2D eigenvalue weighted by Crippen LogP contribution is 2.41. The molecular weight excluding hydrogens is 552 g/mol. The van der Waals surface area contributed by atoms with Crippen molar-refractivity contribution in [1.29, 1.82) is 0 Å². The summed E-state index contributed by atoms with van der Waals surface area (Å²) >= 11 is 1.40. The van der Waals surface area contributed by atoms with Crippen LogP contribution in [0.1, 0.15) is 43.3 Å². The number of hydrogen-bond acceptors (Lipinski definition) is 9. The predicted octanol–water partition coefficient (Wildman–Crippen LogP) is 4.30. The second-order valence-corrected chi connectivity index (χ2v) is 13.4. The van der Waals surface area contributed by atoms with Crippen molar-refractivity contribution in [3.8, 4) is 17.0 Å². The van der Waals surface area contributed by atoms with E-state index in [0.29, 0.717) is 29.3 Å². The summed E-state index contributed by atoms with van der Waals surface area (Å²) in [4.78, 5) is 31.1. The maximum Gasteiger partial charge on any atom is 0.307 e. The summed E-state index contributed by atoms with van der Waals surface area (Å²) in [6.45, 7) is 5.60. The first kappa shape index (κ1) is 29.7. The van der Waals surface area contributed by atoms with Gasteiger partial charge in [-0.1, -0.05) is 36.4 Å². The molecule has 3 aromatic rings. The van der Waals surface area contributed by atoms with E-state index < -0.39 is 27.1 Å². The second-order valence-electron chi connectivity index (χ2n) is 10.8. The van der Waals surface area contributed by atoms with Crippen LogP contribution in [-0.2, 0) is 48.0 Å². The molecule has 0 radical (unpaired) electrons. The summed E-state index contributed by atoms with van der Waals surface area (Å²) in [6.07, 6.45) is 1.90. The molecule has 1 N–H and O–H groups in total. The van der Waals surface area contributed by atoms with Crippen molar-refractivity contribution in [2.75, 3.05) is 19.5 Å². The number of nitrogens with one attached hydrogen (secondary N) is 1. The number of rotatable bonds is 11. The van der Waals surface area contributed by atoms with Crippen LogP contribution in [0.15, 0.2) is 53.9 Å². The maximum absolute atomic E-state index is 13.6. The number of carbonyl (C=O) groups is 2. The van der Waals surface area contributed by atoms with Gasteiger partial charge in [-0.15, -0.1) is 11.3 Å². The average molecular weight is 587 g/mol. The predicted molar refractivity (Wildman–Crippen MR) is 152 cm³/mol. The van der Waals surface area contributed by atoms with Crippen LogP contribution in [0.2, 0.25) is 0 Å². The summed E-state index contributed by atoms with van der Waals surface area (Å²) in [6, 6.07) is 15.2. The summed E-state index contributed by atoms with van der Waals surface area (Å²) in [5.74, 6) is -0.0630. The van der Waals surface area contributed by atoms with Gasteiger partial charge in [0.15, 0.2) is 0 Å². The molecule has 40 heavy (non-hydrogen) atoms. The molecule has 0 atom stereocenters. The topological polar surface area (TPSA) is 121 Å². The molecule has 0 aliphatic heterocycles. The van der Waals surface area contributed by atoms with Crippen LogP contribution in [0.5, 0.6) is 5.75 Å². The number of carbonyl (C=O) groups excluding carboxylic acids is 2. The Morgan fingerprint density at radius 2 is 1.68 bits per heavy atom. The summed E-state index contributed by atoms with van der Waals surface area (Å²) in [7, 11) is -3.54. The lowest BCUT2D eigenvalue weighted by Crippen LogP contribution is -2.44. The fourth-order valence-corrected chi connectivity index (χ4v) is 5.82. The average Bonchev–Trinajstić information content (AvgIpc) is 3.48. The van der Waals surface area contributed by atoms with E-state index in [2.05, 4.69) is 10.3 Å². The Bertz CT molecular complexity index is 1450. The van der Waals surface area contributed by atoms with Gasteiger partial charge in [0.05, 0.1) is 30.3 Å². The smallest absolute Gasteiger partial charge is 0.307 e. The number of hydrogen-bond donors (Lipinski definition) is 1. The van der Waals surface area contributed by atoms with Gasteiger partial charge >= 0.3 is 5.97 Å². The molecule has 9 nitrogen and oxygen atoms in total. The standard InChI is InChI=1S/C29H34N2O7S2/c1-28(2,3)38-26(32)17-29(15-20-9-5-6-10-21(20)16-29)27(33)30-18-25-31-23(19-39-25)22-11-7-8-12-24(22)36-13-14-37-40(4,34)35/h5-12,19H,13-18H2,1-4H3,(H,30,33). The summed E-state index contributed by atoms with van der Waals surface area (Å²) < 4.78 is 38.4. The molecule has 0 saturated carbocycles. The molecule has 4 rings (SSSR count). The molecule has 0 spiro atoms. The number of fused-ring (bicyclic) bond motifs is 1. The van der Waals surface area contributed by atoms with Gasteiger partial charge in [-0.05, 0) is 56.9 Å². The van der Waals surface area contributed by atoms with Crippen molar-refractivity contribution in [2.45, 2.75) is 52.2 Å². The second kappa shape index (κ2) is 12.1. The van der Waals surface area contributed by atoms with Crippen LogP contribution in [0, 0.1) is 5.41 Å². The molecule has 0 unspecified atom stereocenters. The first-order valence-corrected chi connectivity index (χ1v) is 15.6. The minimum absolute atomic E-state index is 0.0122. The van der Waals surface area contributed by atoms with Gasteiger partial charge in [0, 0.05) is 10.9 Å². The molecule has 1 aliphatic carbocycles. The summed E-state index contributed by atoms with van der Waals surface area (Å²) in [5, 5.41) is 5.59. The molecule has 1 aromatic heterocycles. The number of ether oxygens (including phenoxy) is 2. The van der Waals surface area contributed by atoms with E-state index in [0.717, 1.165) is 22.9 Å². The number of para-hydroxylation sites is 1. The Hall–Kier alpha value is -3.28. The Kier molecular flexibility index (Phi) is 8.96.